The Morgan fingerprint density at radius 2 is 2.03 bits per heavy atom. The fourth-order valence-electron chi connectivity index (χ4n) is 2.76. The molecule has 2 aromatic rings. The summed E-state index contributed by atoms with van der Waals surface area (Å²) in [7, 11) is 1.17. The highest BCUT2D eigenvalue weighted by atomic mass is 32.2. The maximum Gasteiger partial charge on any atom is 0.328 e. The monoisotopic (exact) mass is 416 g/mol. The van der Waals surface area contributed by atoms with Crippen LogP contribution in [0.4, 0.5) is 10.5 Å². The Kier molecular flexibility index (Phi) is 5.55. The highest BCUT2D eigenvalue weighted by Crippen LogP contribution is 2.35. The lowest BCUT2D eigenvalue weighted by Gasteiger charge is -2.18. The first-order valence-corrected chi connectivity index (χ1v) is 9.24. The number of amides is 2. The summed E-state index contributed by atoms with van der Waals surface area (Å²) >= 11 is 0.688. The Morgan fingerprint density at radius 3 is 2.69 bits per heavy atom. The Balaban J connectivity index is 1.87. The van der Waals surface area contributed by atoms with Crippen molar-refractivity contribution >= 4 is 40.6 Å². The van der Waals surface area contributed by atoms with Gasteiger partial charge in [0.05, 0.1) is 16.9 Å². The second kappa shape index (κ2) is 7.92. The van der Waals surface area contributed by atoms with Gasteiger partial charge in [0.15, 0.2) is 0 Å². The lowest BCUT2D eigenvalue weighted by atomic mass is 10.1. The molecule has 10 heteroatoms. The van der Waals surface area contributed by atoms with Crippen LogP contribution in [0.1, 0.15) is 18.2 Å². The van der Waals surface area contributed by atoms with Gasteiger partial charge in [0.25, 0.3) is 16.8 Å². The van der Waals surface area contributed by atoms with E-state index in [1.54, 1.807) is 31.2 Å². The van der Waals surface area contributed by atoms with Crippen LogP contribution in [-0.4, -0.2) is 40.1 Å². The number of carbonyl (C=O) groups is 3. The van der Waals surface area contributed by atoms with Crippen LogP contribution in [0.2, 0.25) is 0 Å². The minimum absolute atomic E-state index is 0.0293. The third-order valence-corrected chi connectivity index (χ3v) is 5.23. The molecule has 2 amide bonds. The van der Waals surface area contributed by atoms with Crippen molar-refractivity contribution in [1.29, 1.82) is 0 Å². The molecule has 29 heavy (non-hydrogen) atoms. The quantitative estimate of drug-likeness (QED) is 0.313. The molecule has 0 N–H and O–H groups in total. The van der Waals surface area contributed by atoms with Crippen molar-refractivity contribution in [1.82, 2.24) is 4.90 Å². The molecule has 1 aliphatic heterocycles. The van der Waals surface area contributed by atoms with Crippen LogP contribution in [0.25, 0.3) is 17.4 Å². The van der Waals surface area contributed by atoms with Crippen molar-refractivity contribution in [2.24, 2.45) is 0 Å². The average molecular weight is 416 g/mol. The van der Waals surface area contributed by atoms with E-state index < -0.39 is 28.1 Å². The molecule has 1 unspecified atom stereocenters. The molecule has 9 nitrogen and oxygen atoms in total. The zero-order chi connectivity index (χ0) is 21.3. The predicted octanol–water partition coefficient (Wildman–Crippen LogP) is 3.76. The van der Waals surface area contributed by atoms with Crippen molar-refractivity contribution in [3.05, 3.63) is 56.7 Å². The summed E-state index contributed by atoms with van der Waals surface area (Å²) in [5.41, 5.74) is 1.01. The Hall–Kier alpha value is -3.40. The zero-order valence-corrected chi connectivity index (χ0v) is 16.5. The van der Waals surface area contributed by atoms with Crippen LogP contribution in [0.15, 0.2) is 39.7 Å². The molecular formula is C19H16N2O7S. The highest BCUT2D eigenvalue weighted by Gasteiger charge is 2.41. The van der Waals surface area contributed by atoms with Crippen molar-refractivity contribution in [2.45, 2.75) is 19.9 Å². The maximum absolute atomic E-state index is 12.5. The Morgan fingerprint density at radius 1 is 1.31 bits per heavy atom. The SMILES string of the molecule is COC(=O)C(C)N1C(=O)S/C(=C\c2ccc(-c3ccc(C)c([N+](=O)[O-])c3)o2)C1=O. The summed E-state index contributed by atoms with van der Waals surface area (Å²) < 4.78 is 10.2. The number of nitro benzene ring substituents is 1. The number of rotatable bonds is 5. The van der Waals surface area contributed by atoms with Gasteiger partial charge < -0.3 is 9.15 Å². The van der Waals surface area contributed by atoms with E-state index in [-0.39, 0.29) is 10.6 Å². The minimum Gasteiger partial charge on any atom is -0.467 e. The summed E-state index contributed by atoms with van der Waals surface area (Å²) in [4.78, 5) is 47.9. The van der Waals surface area contributed by atoms with Gasteiger partial charge in [0.1, 0.15) is 17.6 Å². The van der Waals surface area contributed by atoms with Gasteiger partial charge in [-0.3, -0.25) is 24.6 Å². The van der Waals surface area contributed by atoms with Gasteiger partial charge in [-0.2, -0.15) is 0 Å². The van der Waals surface area contributed by atoms with Crippen molar-refractivity contribution < 1.29 is 28.5 Å². The molecule has 0 spiro atoms. The third kappa shape index (κ3) is 3.92. The molecule has 0 saturated carbocycles. The molecular weight excluding hydrogens is 400 g/mol. The van der Waals surface area contributed by atoms with Crippen LogP contribution in [0.5, 0.6) is 0 Å². The number of hydrogen-bond acceptors (Lipinski definition) is 8. The summed E-state index contributed by atoms with van der Waals surface area (Å²) in [6, 6.07) is 6.87. The zero-order valence-electron chi connectivity index (χ0n) is 15.7. The summed E-state index contributed by atoms with van der Waals surface area (Å²) in [6.45, 7) is 3.04. The standard InChI is InChI=1S/C19H16N2O7S/c1-10-4-5-12(8-14(10)21(25)26)15-7-6-13(28-15)9-16-17(22)20(19(24)29-16)11(2)18(23)27-3/h4-9,11H,1-3H3/b16-9-. The van der Waals surface area contributed by atoms with Gasteiger partial charge in [0, 0.05) is 23.3 Å². The molecule has 2 heterocycles. The molecule has 1 saturated heterocycles. The van der Waals surface area contributed by atoms with Gasteiger partial charge in [-0.15, -0.1) is 0 Å². The minimum atomic E-state index is -1.04. The molecule has 150 valence electrons. The van der Waals surface area contributed by atoms with E-state index in [0.717, 1.165) is 4.90 Å². The third-order valence-electron chi connectivity index (χ3n) is 4.34. The fourth-order valence-corrected chi connectivity index (χ4v) is 3.65. The molecule has 1 fully saturated rings. The van der Waals surface area contributed by atoms with Gasteiger partial charge >= 0.3 is 5.97 Å². The van der Waals surface area contributed by atoms with Gasteiger partial charge in [-0.1, -0.05) is 12.1 Å². The smallest absolute Gasteiger partial charge is 0.328 e. The molecule has 0 radical (unpaired) electrons. The number of methoxy groups -OCH3 is 1. The van der Waals surface area contributed by atoms with E-state index in [4.69, 9.17) is 4.42 Å². The second-order valence-corrected chi connectivity index (χ2v) is 7.20. The number of nitrogens with zero attached hydrogens (tertiary/aromatic N) is 2. The number of ether oxygens (including phenoxy) is 1. The number of hydrogen-bond donors (Lipinski definition) is 0. The van der Waals surface area contributed by atoms with Crippen molar-refractivity contribution in [3.63, 3.8) is 0 Å². The molecule has 1 aliphatic rings. The molecule has 1 atom stereocenters. The number of carbonyl (C=O) groups excluding carboxylic acids is 3. The molecule has 1 aromatic carbocycles. The number of nitro groups is 1. The topological polar surface area (TPSA) is 120 Å². The van der Waals surface area contributed by atoms with Gasteiger partial charge in [-0.25, -0.2) is 4.79 Å². The van der Waals surface area contributed by atoms with Crippen molar-refractivity contribution in [2.75, 3.05) is 7.11 Å². The summed E-state index contributed by atoms with van der Waals surface area (Å²) in [6.07, 6.45) is 1.39. The van der Waals surface area contributed by atoms with E-state index >= 15 is 0 Å². The molecule has 0 aliphatic carbocycles. The summed E-state index contributed by atoms with van der Waals surface area (Å²) in [5.74, 6) is -0.655. The number of benzene rings is 1. The van der Waals surface area contributed by atoms with E-state index in [0.29, 0.717) is 34.4 Å². The molecule has 3 rings (SSSR count). The first-order valence-electron chi connectivity index (χ1n) is 8.43. The largest absolute Gasteiger partial charge is 0.467 e. The van der Waals surface area contributed by atoms with E-state index in [1.807, 2.05) is 0 Å². The van der Waals surface area contributed by atoms with Gasteiger partial charge in [0.2, 0.25) is 0 Å². The molecule has 0 bridgehead atoms. The highest BCUT2D eigenvalue weighted by molar-refractivity contribution is 8.18. The normalized spacial score (nSPS) is 16.4. The van der Waals surface area contributed by atoms with Crippen LogP contribution in [0.3, 0.4) is 0 Å². The van der Waals surface area contributed by atoms with Crippen molar-refractivity contribution in [3.8, 4) is 11.3 Å². The van der Waals surface area contributed by atoms with Gasteiger partial charge in [-0.05, 0) is 37.7 Å². The number of thioether (sulfide) groups is 1. The number of imide groups is 1. The number of esters is 1. The van der Waals surface area contributed by atoms with Crippen LogP contribution < -0.4 is 0 Å². The number of furan rings is 1. The first-order chi connectivity index (χ1) is 13.7. The summed E-state index contributed by atoms with van der Waals surface area (Å²) in [5, 5.41) is 10.5. The van der Waals surface area contributed by atoms with E-state index in [1.165, 1.54) is 26.2 Å². The van der Waals surface area contributed by atoms with E-state index in [9.17, 15) is 24.5 Å². The van der Waals surface area contributed by atoms with Crippen LogP contribution >= 0.6 is 11.8 Å². The van der Waals surface area contributed by atoms with Crippen LogP contribution in [0, 0.1) is 17.0 Å². The van der Waals surface area contributed by atoms with E-state index in [2.05, 4.69) is 4.74 Å². The lowest BCUT2D eigenvalue weighted by Crippen LogP contribution is -2.42. The average Bonchev–Trinajstić information content (AvgIpc) is 3.25. The fraction of sp³-hybridized carbons (Fsp3) is 0.211. The number of aryl methyl sites for hydroxylation is 1. The Labute approximate surface area is 169 Å². The first kappa shape index (κ1) is 20.3. The maximum atomic E-state index is 12.5. The predicted molar refractivity (Wildman–Crippen MR) is 105 cm³/mol. The Bertz CT molecular complexity index is 1060. The lowest BCUT2D eigenvalue weighted by molar-refractivity contribution is -0.385. The second-order valence-electron chi connectivity index (χ2n) is 6.21. The van der Waals surface area contributed by atoms with Crippen LogP contribution in [-0.2, 0) is 14.3 Å². The molecule has 1 aromatic heterocycles.